The normalized spacial score (nSPS) is 30.3. The number of hydrogen-bond acceptors (Lipinski definition) is 4. The minimum absolute atomic E-state index is 0.322. The smallest absolute Gasteiger partial charge is 0.215 e. The molecule has 5 nitrogen and oxygen atoms in total. The number of aliphatic hydroxyl groups excluding tert-OH is 1. The van der Waals surface area contributed by atoms with E-state index in [-0.39, 0.29) is 0 Å². The van der Waals surface area contributed by atoms with Crippen molar-refractivity contribution in [2.24, 2.45) is 0 Å². The van der Waals surface area contributed by atoms with Gasteiger partial charge in [-0.15, -0.1) is 0 Å². The molecule has 78 valence electrons. The Morgan fingerprint density at radius 3 is 2.77 bits per heavy atom. The fourth-order valence-electron chi connectivity index (χ4n) is 1.44. The van der Waals surface area contributed by atoms with Crippen molar-refractivity contribution in [2.75, 3.05) is 19.6 Å². The van der Waals surface area contributed by atoms with Crippen molar-refractivity contribution in [1.29, 1.82) is 0 Å². The fourth-order valence-corrected chi connectivity index (χ4v) is 2.89. The topological polar surface area (TPSA) is 78.4 Å². The molecule has 0 radical (unpaired) electrons. The van der Waals surface area contributed by atoms with Crippen LogP contribution in [0.4, 0.5) is 0 Å². The summed E-state index contributed by atoms with van der Waals surface area (Å²) in [7, 11) is -3.24. The molecule has 0 aromatic rings. The molecule has 0 aliphatic carbocycles. The molecule has 0 amide bonds. The number of aliphatic hydroxyl groups is 1. The second-order valence-electron chi connectivity index (χ2n) is 3.21. The lowest BCUT2D eigenvalue weighted by atomic mass is 10.1. The quantitative estimate of drug-likeness (QED) is 0.536. The average molecular weight is 208 g/mol. The van der Waals surface area contributed by atoms with Crippen molar-refractivity contribution >= 4 is 10.0 Å². The molecule has 6 heteroatoms. The van der Waals surface area contributed by atoms with E-state index in [1.54, 1.807) is 6.92 Å². The van der Waals surface area contributed by atoms with Gasteiger partial charge in [0.15, 0.2) is 0 Å². The highest BCUT2D eigenvalue weighted by Gasteiger charge is 2.29. The molecule has 0 aromatic carbocycles. The Morgan fingerprint density at radius 1 is 1.54 bits per heavy atom. The van der Waals surface area contributed by atoms with E-state index in [9.17, 15) is 13.5 Å². The van der Waals surface area contributed by atoms with Gasteiger partial charge in [-0.2, -0.15) is 0 Å². The van der Waals surface area contributed by atoms with Gasteiger partial charge in [0.2, 0.25) is 10.0 Å². The number of nitrogens with one attached hydrogen (secondary N) is 2. The number of rotatable bonds is 3. The van der Waals surface area contributed by atoms with Crippen LogP contribution in [0.1, 0.15) is 13.3 Å². The van der Waals surface area contributed by atoms with Crippen LogP contribution in [-0.2, 0) is 10.0 Å². The number of β-amino-alcohol motifs (C(OH)–C–C–N with tert-alkyl or cyclic N) is 1. The monoisotopic (exact) mass is 208 g/mol. The Kier molecular flexibility index (Phi) is 3.66. The third-order valence-electron chi connectivity index (χ3n) is 2.07. The summed E-state index contributed by atoms with van der Waals surface area (Å²) < 4.78 is 25.4. The van der Waals surface area contributed by atoms with Crippen molar-refractivity contribution in [1.82, 2.24) is 10.0 Å². The minimum Gasteiger partial charge on any atom is -0.392 e. The maximum absolute atomic E-state index is 11.5. The highest BCUT2D eigenvalue weighted by atomic mass is 32.2. The van der Waals surface area contributed by atoms with Crippen LogP contribution in [0.5, 0.6) is 0 Å². The molecule has 0 saturated carbocycles. The zero-order valence-corrected chi connectivity index (χ0v) is 8.47. The van der Waals surface area contributed by atoms with Gasteiger partial charge in [-0.25, -0.2) is 13.1 Å². The molecule has 1 fully saturated rings. The summed E-state index contributed by atoms with van der Waals surface area (Å²) in [6.07, 6.45) is -0.227. The third kappa shape index (κ3) is 2.91. The SMILES string of the molecule is CCNS(=O)(=O)C1CNCC(O)C1. The van der Waals surface area contributed by atoms with Crippen molar-refractivity contribution in [3.8, 4) is 0 Å². The lowest BCUT2D eigenvalue weighted by Gasteiger charge is -2.26. The molecule has 1 aliphatic heterocycles. The lowest BCUT2D eigenvalue weighted by Crippen LogP contribution is -2.49. The zero-order chi connectivity index (χ0) is 9.90. The van der Waals surface area contributed by atoms with Gasteiger partial charge in [-0.05, 0) is 6.42 Å². The van der Waals surface area contributed by atoms with Crippen molar-refractivity contribution in [3.63, 3.8) is 0 Å². The first-order valence-corrected chi connectivity index (χ1v) is 5.98. The Balaban J connectivity index is 2.60. The second-order valence-corrected chi connectivity index (χ2v) is 5.26. The summed E-state index contributed by atoms with van der Waals surface area (Å²) in [5, 5.41) is 11.6. The Bertz CT molecular complexity index is 252. The van der Waals surface area contributed by atoms with Crippen LogP contribution in [0.15, 0.2) is 0 Å². The predicted molar refractivity (Wildman–Crippen MR) is 49.9 cm³/mol. The van der Waals surface area contributed by atoms with Crippen LogP contribution < -0.4 is 10.0 Å². The van der Waals surface area contributed by atoms with Gasteiger partial charge in [0.05, 0.1) is 11.4 Å². The van der Waals surface area contributed by atoms with Crippen LogP contribution in [0.3, 0.4) is 0 Å². The van der Waals surface area contributed by atoms with Gasteiger partial charge in [0.25, 0.3) is 0 Å². The first-order valence-electron chi connectivity index (χ1n) is 4.43. The van der Waals surface area contributed by atoms with Gasteiger partial charge in [-0.3, -0.25) is 0 Å². The molecule has 3 N–H and O–H groups in total. The van der Waals surface area contributed by atoms with E-state index in [0.29, 0.717) is 26.1 Å². The van der Waals surface area contributed by atoms with Crippen molar-refractivity contribution < 1.29 is 13.5 Å². The highest BCUT2D eigenvalue weighted by molar-refractivity contribution is 7.90. The summed E-state index contributed by atoms with van der Waals surface area (Å²) in [5.74, 6) is 0. The summed E-state index contributed by atoms with van der Waals surface area (Å²) in [5.41, 5.74) is 0. The van der Waals surface area contributed by atoms with E-state index in [1.165, 1.54) is 0 Å². The fraction of sp³-hybridized carbons (Fsp3) is 1.00. The zero-order valence-electron chi connectivity index (χ0n) is 7.66. The van der Waals surface area contributed by atoms with Crippen LogP contribution in [-0.4, -0.2) is 44.5 Å². The maximum Gasteiger partial charge on any atom is 0.215 e. The van der Waals surface area contributed by atoms with Gasteiger partial charge in [0, 0.05) is 19.6 Å². The number of hydrogen-bond donors (Lipinski definition) is 3. The van der Waals surface area contributed by atoms with E-state index in [4.69, 9.17) is 0 Å². The number of sulfonamides is 1. The largest absolute Gasteiger partial charge is 0.392 e. The molecule has 1 rings (SSSR count). The first-order chi connectivity index (χ1) is 6.06. The molecular formula is C7H16N2O3S. The molecule has 0 bridgehead atoms. The third-order valence-corrected chi connectivity index (χ3v) is 4.00. The molecule has 1 saturated heterocycles. The maximum atomic E-state index is 11.5. The second kappa shape index (κ2) is 4.36. The Labute approximate surface area is 78.6 Å². The van der Waals surface area contributed by atoms with Crippen LogP contribution in [0.2, 0.25) is 0 Å². The molecule has 13 heavy (non-hydrogen) atoms. The molecule has 0 aromatic heterocycles. The Hall–Kier alpha value is -0.170. The van der Waals surface area contributed by atoms with E-state index >= 15 is 0 Å². The molecule has 1 heterocycles. The van der Waals surface area contributed by atoms with E-state index < -0.39 is 21.4 Å². The van der Waals surface area contributed by atoms with Gasteiger partial charge in [-0.1, -0.05) is 6.92 Å². The summed E-state index contributed by atoms with van der Waals surface area (Å²) in [6.45, 7) is 3.05. The van der Waals surface area contributed by atoms with Gasteiger partial charge in [0.1, 0.15) is 0 Å². The lowest BCUT2D eigenvalue weighted by molar-refractivity contribution is 0.143. The van der Waals surface area contributed by atoms with Crippen molar-refractivity contribution in [3.05, 3.63) is 0 Å². The molecule has 0 spiro atoms. The molecular weight excluding hydrogens is 192 g/mol. The Morgan fingerprint density at radius 2 is 2.23 bits per heavy atom. The van der Waals surface area contributed by atoms with E-state index in [2.05, 4.69) is 10.0 Å². The molecule has 1 aliphatic rings. The van der Waals surface area contributed by atoms with Crippen LogP contribution in [0.25, 0.3) is 0 Å². The van der Waals surface area contributed by atoms with Crippen LogP contribution >= 0.6 is 0 Å². The predicted octanol–water partition coefficient (Wildman–Crippen LogP) is -1.35. The first kappa shape index (κ1) is 10.9. The average Bonchev–Trinajstić information content (AvgIpc) is 2.04. The highest BCUT2D eigenvalue weighted by Crippen LogP contribution is 2.10. The van der Waals surface area contributed by atoms with E-state index in [1.807, 2.05) is 0 Å². The minimum atomic E-state index is -3.24. The van der Waals surface area contributed by atoms with Gasteiger partial charge < -0.3 is 10.4 Å². The molecule has 2 unspecified atom stereocenters. The van der Waals surface area contributed by atoms with Crippen LogP contribution in [0, 0.1) is 0 Å². The number of piperidine rings is 1. The molecule has 2 atom stereocenters. The summed E-state index contributed by atoms with van der Waals surface area (Å²) >= 11 is 0. The standard InChI is InChI=1S/C7H16N2O3S/c1-2-9-13(11,12)7-3-6(10)4-8-5-7/h6-10H,2-5H2,1H3. The van der Waals surface area contributed by atoms with E-state index in [0.717, 1.165) is 0 Å². The summed E-state index contributed by atoms with van der Waals surface area (Å²) in [6, 6.07) is 0. The summed E-state index contributed by atoms with van der Waals surface area (Å²) in [4.78, 5) is 0. The van der Waals surface area contributed by atoms with Gasteiger partial charge >= 0.3 is 0 Å². The van der Waals surface area contributed by atoms with Crippen molar-refractivity contribution in [2.45, 2.75) is 24.7 Å².